The third-order valence-corrected chi connectivity index (χ3v) is 5.22. The van der Waals surface area contributed by atoms with Crippen molar-refractivity contribution < 1.29 is 9.21 Å². The van der Waals surface area contributed by atoms with Crippen LogP contribution in [0.15, 0.2) is 58.7 Å². The van der Waals surface area contributed by atoms with E-state index < -0.39 is 0 Å². The Labute approximate surface area is 157 Å². The maximum absolute atomic E-state index is 12.6. The van der Waals surface area contributed by atoms with Crippen LogP contribution >= 0.6 is 11.3 Å². The van der Waals surface area contributed by atoms with Crippen LogP contribution in [0.1, 0.15) is 15.5 Å². The number of fused-ring (bicyclic) bond motifs is 2. The first-order valence-electron chi connectivity index (χ1n) is 8.35. The van der Waals surface area contributed by atoms with E-state index in [1.807, 2.05) is 37.3 Å². The number of aromatic nitrogens is 3. The maximum Gasteiger partial charge on any atom is 0.275 e. The second-order valence-corrected chi connectivity index (χ2v) is 7.30. The molecule has 0 unspecified atom stereocenters. The van der Waals surface area contributed by atoms with Crippen LogP contribution in [-0.4, -0.2) is 21.1 Å². The number of aryl methyl sites for hydroxylation is 1. The molecule has 2 aromatic carbocycles. The molecule has 0 aliphatic heterocycles. The number of amides is 1. The number of nitrogens with zero attached hydrogens (tertiary/aromatic N) is 2. The Hall–Kier alpha value is -3.45. The summed E-state index contributed by atoms with van der Waals surface area (Å²) in [5.74, 6) is -0.232. The highest BCUT2D eigenvalue weighted by molar-refractivity contribution is 7.09. The van der Waals surface area contributed by atoms with E-state index in [0.717, 1.165) is 38.0 Å². The predicted molar refractivity (Wildman–Crippen MR) is 106 cm³/mol. The van der Waals surface area contributed by atoms with Gasteiger partial charge in [-0.1, -0.05) is 6.07 Å². The average Bonchev–Trinajstić information content (AvgIpc) is 3.40. The molecule has 5 aromatic rings. The summed E-state index contributed by atoms with van der Waals surface area (Å²) in [4.78, 5) is 16.8. The quantitative estimate of drug-likeness (QED) is 0.466. The van der Waals surface area contributed by atoms with Gasteiger partial charge in [0.1, 0.15) is 11.3 Å². The van der Waals surface area contributed by atoms with Gasteiger partial charge in [0, 0.05) is 16.2 Å². The summed E-state index contributed by atoms with van der Waals surface area (Å²) in [5.41, 5.74) is 4.80. The largest absolute Gasteiger partial charge is 0.464 e. The van der Waals surface area contributed by atoms with Crippen molar-refractivity contribution in [3.63, 3.8) is 0 Å². The Bertz CT molecular complexity index is 1300. The molecule has 0 spiro atoms. The predicted octanol–water partition coefficient (Wildman–Crippen LogP) is 4.99. The lowest BCUT2D eigenvalue weighted by molar-refractivity contribution is 0.102. The number of rotatable bonds is 3. The molecule has 3 aromatic heterocycles. The summed E-state index contributed by atoms with van der Waals surface area (Å²) in [6, 6.07) is 11.9. The van der Waals surface area contributed by atoms with Crippen molar-refractivity contribution in [1.82, 2.24) is 15.2 Å². The van der Waals surface area contributed by atoms with Gasteiger partial charge in [0.15, 0.2) is 0 Å². The molecule has 0 saturated carbocycles. The zero-order chi connectivity index (χ0) is 18.4. The van der Waals surface area contributed by atoms with E-state index in [0.29, 0.717) is 11.4 Å². The van der Waals surface area contributed by atoms with Crippen molar-refractivity contribution in [3.05, 3.63) is 64.9 Å². The Morgan fingerprint density at radius 1 is 1.19 bits per heavy atom. The number of H-pyrrole nitrogens is 1. The fourth-order valence-corrected chi connectivity index (χ4v) is 3.71. The van der Waals surface area contributed by atoms with Crippen molar-refractivity contribution in [1.29, 1.82) is 0 Å². The van der Waals surface area contributed by atoms with Crippen LogP contribution in [0.5, 0.6) is 0 Å². The van der Waals surface area contributed by atoms with Crippen molar-refractivity contribution >= 4 is 44.8 Å². The highest BCUT2D eigenvalue weighted by atomic mass is 32.1. The number of carbonyl (C=O) groups excluding carboxylic acids is 1. The molecule has 132 valence electrons. The van der Waals surface area contributed by atoms with Crippen LogP contribution in [0.2, 0.25) is 0 Å². The lowest BCUT2D eigenvalue weighted by Crippen LogP contribution is -2.12. The molecular weight excluding hydrogens is 360 g/mol. The van der Waals surface area contributed by atoms with E-state index >= 15 is 0 Å². The van der Waals surface area contributed by atoms with Gasteiger partial charge in [0.2, 0.25) is 0 Å². The second kappa shape index (κ2) is 6.07. The summed E-state index contributed by atoms with van der Waals surface area (Å²) in [6.07, 6.45) is 3.38. The smallest absolute Gasteiger partial charge is 0.275 e. The minimum atomic E-state index is -0.232. The molecule has 6 nitrogen and oxygen atoms in total. The van der Waals surface area contributed by atoms with E-state index in [2.05, 4.69) is 26.6 Å². The molecule has 0 atom stereocenters. The first-order valence-corrected chi connectivity index (χ1v) is 9.23. The Morgan fingerprint density at radius 2 is 2.11 bits per heavy atom. The topological polar surface area (TPSA) is 83.8 Å². The molecule has 2 N–H and O–H groups in total. The highest BCUT2D eigenvalue weighted by Crippen LogP contribution is 2.32. The van der Waals surface area contributed by atoms with E-state index in [1.165, 1.54) is 11.3 Å². The van der Waals surface area contributed by atoms with Gasteiger partial charge >= 0.3 is 0 Å². The molecule has 5 rings (SSSR count). The minimum absolute atomic E-state index is 0.232. The lowest BCUT2D eigenvalue weighted by Gasteiger charge is -2.09. The molecule has 27 heavy (non-hydrogen) atoms. The number of anilines is 1. The summed E-state index contributed by atoms with van der Waals surface area (Å²) < 4.78 is 5.41. The molecular formula is C20H14N4O2S. The van der Waals surface area contributed by atoms with Crippen LogP contribution < -0.4 is 5.32 Å². The first-order chi connectivity index (χ1) is 13.2. The van der Waals surface area contributed by atoms with Crippen LogP contribution in [0, 0.1) is 6.92 Å². The number of benzene rings is 2. The standard InChI is InChI=1S/C20H14N4O2S/c1-11-22-18(10-27-11)20(25)23-16-7-14(8-17-15(16)9-21-24-17)12-2-3-19-13(6-12)4-5-26-19/h2-10H,1H3,(H,21,24)(H,23,25). The number of thiazole rings is 1. The lowest BCUT2D eigenvalue weighted by atomic mass is 10.0. The van der Waals surface area contributed by atoms with Crippen LogP contribution in [-0.2, 0) is 0 Å². The minimum Gasteiger partial charge on any atom is -0.464 e. The van der Waals surface area contributed by atoms with E-state index in [4.69, 9.17) is 4.42 Å². The number of hydrogen-bond acceptors (Lipinski definition) is 5. The van der Waals surface area contributed by atoms with Crippen molar-refractivity contribution in [2.75, 3.05) is 5.32 Å². The van der Waals surface area contributed by atoms with Gasteiger partial charge in [-0.25, -0.2) is 4.98 Å². The Balaban J connectivity index is 1.59. The Kier molecular flexibility index (Phi) is 3.54. The maximum atomic E-state index is 12.6. The fourth-order valence-electron chi connectivity index (χ4n) is 3.12. The molecule has 0 fully saturated rings. The third kappa shape index (κ3) is 2.78. The Morgan fingerprint density at radius 3 is 2.96 bits per heavy atom. The summed E-state index contributed by atoms with van der Waals surface area (Å²) in [5, 5.41) is 14.6. The molecule has 0 saturated heterocycles. The monoisotopic (exact) mass is 374 g/mol. The average molecular weight is 374 g/mol. The number of hydrogen-bond donors (Lipinski definition) is 2. The zero-order valence-electron chi connectivity index (χ0n) is 14.3. The van der Waals surface area contributed by atoms with Gasteiger partial charge in [-0.2, -0.15) is 5.10 Å². The molecule has 0 aliphatic rings. The number of nitrogens with one attached hydrogen (secondary N) is 2. The van der Waals surface area contributed by atoms with Crippen molar-refractivity contribution in [2.45, 2.75) is 6.92 Å². The molecule has 3 heterocycles. The third-order valence-electron chi connectivity index (χ3n) is 4.44. The van der Waals surface area contributed by atoms with Crippen molar-refractivity contribution in [2.24, 2.45) is 0 Å². The molecule has 1 amide bonds. The second-order valence-electron chi connectivity index (χ2n) is 6.23. The molecule has 0 bridgehead atoms. The van der Waals surface area contributed by atoms with Crippen molar-refractivity contribution in [3.8, 4) is 11.1 Å². The molecule has 7 heteroatoms. The van der Waals surface area contributed by atoms with Gasteiger partial charge in [-0.15, -0.1) is 11.3 Å². The van der Waals surface area contributed by atoms with E-state index in [-0.39, 0.29) is 5.91 Å². The van der Waals surface area contributed by atoms with E-state index in [1.54, 1.807) is 17.8 Å². The molecule has 0 radical (unpaired) electrons. The fraction of sp³-hybridized carbons (Fsp3) is 0.0500. The van der Waals surface area contributed by atoms with Gasteiger partial charge in [-0.05, 0) is 48.4 Å². The van der Waals surface area contributed by atoms with Crippen LogP contribution in [0.25, 0.3) is 33.0 Å². The van der Waals surface area contributed by atoms with E-state index in [9.17, 15) is 4.79 Å². The summed E-state index contributed by atoms with van der Waals surface area (Å²) >= 11 is 1.45. The number of carbonyl (C=O) groups is 1. The van der Waals surface area contributed by atoms with Crippen LogP contribution in [0.3, 0.4) is 0 Å². The molecule has 0 aliphatic carbocycles. The number of furan rings is 1. The van der Waals surface area contributed by atoms with Gasteiger partial charge in [-0.3, -0.25) is 9.89 Å². The van der Waals surface area contributed by atoms with Gasteiger partial charge in [0.05, 0.1) is 28.7 Å². The SMILES string of the molecule is Cc1nc(C(=O)Nc2cc(-c3ccc4occc4c3)cc3[nH]ncc23)cs1. The zero-order valence-corrected chi connectivity index (χ0v) is 15.1. The summed E-state index contributed by atoms with van der Waals surface area (Å²) in [6.45, 7) is 1.88. The first kappa shape index (κ1) is 15.8. The normalized spacial score (nSPS) is 11.3. The highest BCUT2D eigenvalue weighted by Gasteiger charge is 2.14. The van der Waals surface area contributed by atoms with Gasteiger partial charge in [0.25, 0.3) is 5.91 Å². The van der Waals surface area contributed by atoms with Crippen LogP contribution in [0.4, 0.5) is 5.69 Å². The number of aromatic amines is 1. The van der Waals surface area contributed by atoms with Gasteiger partial charge < -0.3 is 9.73 Å². The summed E-state index contributed by atoms with van der Waals surface area (Å²) in [7, 11) is 0.